The zero-order chi connectivity index (χ0) is 16.2. The maximum atomic E-state index is 11.6. The lowest BCUT2D eigenvalue weighted by atomic mass is 10.1. The lowest BCUT2D eigenvalue weighted by Gasteiger charge is -2.00. The Morgan fingerprint density at radius 1 is 1.13 bits per heavy atom. The van der Waals surface area contributed by atoms with Gasteiger partial charge in [-0.2, -0.15) is 0 Å². The van der Waals surface area contributed by atoms with E-state index in [1.165, 1.54) is 7.11 Å². The number of rotatable bonds is 4. The fraction of sp³-hybridized carbons (Fsp3) is 0.0526. The van der Waals surface area contributed by atoms with Gasteiger partial charge in [-0.3, -0.25) is 0 Å². The van der Waals surface area contributed by atoms with E-state index in [1.54, 1.807) is 24.3 Å². The second kappa shape index (κ2) is 6.32. The molecule has 2 aromatic carbocycles. The van der Waals surface area contributed by atoms with Gasteiger partial charge in [0.1, 0.15) is 5.69 Å². The Hall–Kier alpha value is -3.14. The molecule has 0 saturated carbocycles. The molecule has 0 radical (unpaired) electrons. The Bertz CT molecular complexity index is 847. The molecular formula is C19H15NO3. The zero-order valence-corrected chi connectivity index (χ0v) is 12.7. The summed E-state index contributed by atoms with van der Waals surface area (Å²) in [6.45, 7) is 3.73. The molecule has 0 N–H and O–H groups in total. The summed E-state index contributed by atoms with van der Waals surface area (Å²) in [6.07, 6.45) is 1.79. The molecule has 1 heterocycles. The van der Waals surface area contributed by atoms with Crippen LogP contribution in [0.4, 0.5) is 0 Å². The largest absolute Gasteiger partial charge is 0.465 e. The lowest BCUT2D eigenvalue weighted by molar-refractivity contribution is 0.0601. The number of benzene rings is 2. The summed E-state index contributed by atoms with van der Waals surface area (Å²) in [5, 5.41) is 4.08. The van der Waals surface area contributed by atoms with E-state index < -0.39 is 0 Å². The molecule has 1 aromatic heterocycles. The standard InChI is InChI=1S/C19H15NO3/c1-3-13-7-9-14(10-8-13)18-12-17(20-23-18)15-5-4-6-16(11-15)19(21)22-2/h3-12H,1H2,2H3. The van der Waals surface area contributed by atoms with Crippen LogP contribution >= 0.6 is 0 Å². The Balaban J connectivity index is 1.92. The first-order chi connectivity index (χ1) is 11.2. The number of methoxy groups -OCH3 is 1. The Kier molecular flexibility index (Phi) is 4.06. The van der Waals surface area contributed by atoms with Crippen molar-refractivity contribution in [3.63, 3.8) is 0 Å². The number of hydrogen-bond donors (Lipinski definition) is 0. The molecule has 0 saturated heterocycles. The van der Waals surface area contributed by atoms with Crippen LogP contribution in [-0.4, -0.2) is 18.2 Å². The first-order valence-electron chi connectivity index (χ1n) is 7.09. The van der Waals surface area contributed by atoms with E-state index in [0.717, 1.165) is 16.7 Å². The second-order valence-corrected chi connectivity index (χ2v) is 4.97. The summed E-state index contributed by atoms with van der Waals surface area (Å²) >= 11 is 0. The van der Waals surface area contributed by atoms with Gasteiger partial charge in [0, 0.05) is 17.2 Å². The molecule has 4 heteroatoms. The summed E-state index contributed by atoms with van der Waals surface area (Å²) in [5.74, 6) is 0.287. The van der Waals surface area contributed by atoms with Gasteiger partial charge in [0.2, 0.25) is 0 Å². The highest BCUT2D eigenvalue weighted by molar-refractivity contribution is 5.90. The third-order valence-corrected chi connectivity index (χ3v) is 3.52. The molecule has 0 aliphatic rings. The van der Waals surface area contributed by atoms with Gasteiger partial charge in [0.15, 0.2) is 5.76 Å². The molecular weight excluding hydrogens is 290 g/mol. The number of carbonyl (C=O) groups is 1. The maximum Gasteiger partial charge on any atom is 0.337 e. The minimum absolute atomic E-state index is 0.379. The molecule has 4 nitrogen and oxygen atoms in total. The molecule has 114 valence electrons. The van der Waals surface area contributed by atoms with E-state index in [9.17, 15) is 4.79 Å². The lowest BCUT2D eigenvalue weighted by Crippen LogP contribution is -2.00. The van der Waals surface area contributed by atoms with Crippen molar-refractivity contribution >= 4 is 12.0 Å². The van der Waals surface area contributed by atoms with Gasteiger partial charge in [-0.15, -0.1) is 0 Å². The SMILES string of the molecule is C=Cc1ccc(-c2cc(-c3cccc(C(=O)OC)c3)no2)cc1. The maximum absolute atomic E-state index is 11.6. The molecule has 0 aliphatic carbocycles. The van der Waals surface area contributed by atoms with Crippen molar-refractivity contribution in [3.8, 4) is 22.6 Å². The highest BCUT2D eigenvalue weighted by Crippen LogP contribution is 2.27. The van der Waals surface area contributed by atoms with Gasteiger partial charge in [-0.1, -0.05) is 54.2 Å². The summed E-state index contributed by atoms with van der Waals surface area (Å²) in [6, 6.07) is 16.8. The third-order valence-electron chi connectivity index (χ3n) is 3.52. The van der Waals surface area contributed by atoms with Crippen molar-refractivity contribution in [3.05, 3.63) is 72.3 Å². The van der Waals surface area contributed by atoms with Gasteiger partial charge in [0.25, 0.3) is 0 Å². The topological polar surface area (TPSA) is 52.3 Å². The summed E-state index contributed by atoms with van der Waals surface area (Å²) in [7, 11) is 1.36. The van der Waals surface area contributed by atoms with Gasteiger partial charge in [0.05, 0.1) is 12.7 Å². The van der Waals surface area contributed by atoms with Crippen LogP contribution in [0.15, 0.2) is 65.7 Å². The van der Waals surface area contributed by atoms with Crippen molar-refractivity contribution in [2.45, 2.75) is 0 Å². The van der Waals surface area contributed by atoms with Crippen molar-refractivity contribution in [2.24, 2.45) is 0 Å². The molecule has 0 aliphatic heterocycles. The molecule has 23 heavy (non-hydrogen) atoms. The fourth-order valence-electron chi connectivity index (χ4n) is 2.25. The number of ether oxygens (including phenoxy) is 1. The first-order valence-corrected chi connectivity index (χ1v) is 7.09. The molecule has 0 spiro atoms. The monoisotopic (exact) mass is 305 g/mol. The first kappa shape index (κ1) is 14.8. The molecule has 0 bridgehead atoms. The van der Waals surface area contributed by atoms with Crippen LogP contribution in [0, 0.1) is 0 Å². The van der Waals surface area contributed by atoms with Crippen molar-refractivity contribution in [1.82, 2.24) is 5.16 Å². The van der Waals surface area contributed by atoms with Gasteiger partial charge in [-0.05, 0) is 17.7 Å². The zero-order valence-electron chi connectivity index (χ0n) is 12.7. The highest BCUT2D eigenvalue weighted by atomic mass is 16.5. The van der Waals surface area contributed by atoms with E-state index in [2.05, 4.69) is 11.7 Å². The van der Waals surface area contributed by atoms with Crippen molar-refractivity contribution in [2.75, 3.05) is 7.11 Å². The third kappa shape index (κ3) is 3.06. The minimum atomic E-state index is -0.379. The molecule has 0 amide bonds. The molecule has 3 rings (SSSR count). The van der Waals surface area contributed by atoms with E-state index in [0.29, 0.717) is 17.0 Å². The van der Waals surface area contributed by atoms with Gasteiger partial charge >= 0.3 is 5.97 Å². The smallest absolute Gasteiger partial charge is 0.337 e. The van der Waals surface area contributed by atoms with Crippen LogP contribution in [0.1, 0.15) is 15.9 Å². The van der Waals surface area contributed by atoms with E-state index in [1.807, 2.05) is 36.4 Å². The fourth-order valence-corrected chi connectivity index (χ4v) is 2.25. The molecule has 0 fully saturated rings. The molecule has 3 aromatic rings. The van der Waals surface area contributed by atoms with E-state index >= 15 is 0 Å². The van der Waals surface area contributed by atoms with Crippen LogP contribution in [0.2, 0.25) is 0 Å². The Labute approximate surface area is 134 Å². The quantitative estimate of drug-likeness (QED) is 0.669. The second-order valence-electron chi connectivity index (χ2n) is 4.97. The molecule has 0 unspecified atom stereocenters. The van der Waals surface area contributed by atoms with Gasteiger partial charge < -0.3 is 9.26 Å². The highest BCUT2D eigenvalue weighted by Gasteiger charge is 2.11. The number of hydrogen-bond acceptors (Lipinski definition) is 4. The normalized spacial score (nSPS) is 10.3. The van der Waals surface area contributed by atoms with Crippen LogP contribution in [0.3, 0.4) is 0 Å². The average Bonchev–Trinajstić information content (AvgIpc) is 3.11. The predicted molar refractivity (Wildman–Crippen MR) is 88.8 cm³/mol. The number of esters is 1. The van der Waals surface area contributed by atoms with Crippen molar-refractivity contribution in [1.29, 1.82) is 0 Å². The summed E-state index contributed by atoms with van der Waals surface area (Å²) < 4.78 is 10.1. The average molecular weight is 305 g/mol. The van der Waals surface area contributed by atoms with Gasteiger partial charge in [-0.25, -0.2) is 4.79 Å². The van der Waals surface area contributed by atoms with Crippen LogP contribution in [0.5, 0.6) is 0 Å². The summed E-state index contributed by atoms with van der Waals surface area (Å²) in [5.41, 5.74) is 3.91. The van der Waals surface area contributed by atoms with E-state index in [-0.39, 0.29) is 5.97 Å². The predicted octanol–water partition coefficient (Wildman–Crippen LogP) is 4.44. The number of carbonyl (C=O) groups excluding carboxylic acids is 1. The molecule has 0 atom stereocenters. The van der Waals surface area contributed by atoms with Crippen LogP contribution < -0.4 is 0 Å². The van der Waals surface area contributed by atoms with E-state index in [4.69, 9.17) is 9.26 Å². The van der Waals surface area contributed by atoms with Crippen LogP contribution in [0.25, 0.3) is 28.7 Å². The van der Waals surface area contributed by atoms with Crippen molar-refractivity contribution < 1.29 is 14.1 Å². The van der Waals surface area contributed by atoms with Crippen LogP contribution in [-0.2, 0) is 4.74 Å². The Morgan fingerprint density at radius 2 is 1.91 bits per heavy atom. The Morgan fingerprint density at radius 3 is 2.61 bits per heavy atom. The number of nitrogens with zero attached hydrogens (tertiary/aromatic N) is 1. The summed E-state index contributed by atoms with van der Waals surface area (Å²) in [4.78, 5) is 11.6. The number of aromatic nitrogens is 1. The minimum Gasteiger partial charge on any atom is -0.465 e.